The third-order valence-electron chi connectivity index (χ3n) is 6.72. The molecule has 2 saturated heterocycles. The monoisotopic (exact) mass is 548 g/mol. The number of nitrogens with zero attached hydrogens (tertiary/aromatic N) is 3. The average Bonchev–Trinajstić information content (AvgIpc) is 2.95. The molecule has 2 aromatic carbocycles. The Labute approximate surface area is 232 Å². The number of benzene rings is 2. The van der Waals surface area contributed by atoms with Gasteiger partial charge in [0.25, 0.3) is 17.7 Å². The highest BCUT2D eigenvalue weighted by atomic mass is 16.6. The van der Waals surface area contributed by atoms with E-state index in [1.807, 2.05) is 13.8 Å². The van der Waals surface area contributed by atoms with E-state index >= 15 is 0 Å². The molecule has 2 fully saturated rings. The number of esters is 1. The van der Waals surface area contributed by atoms with E-state index in [0.717, 1.165) is 18.1 Å². The highest BCUT2D eigenvalue weighted by molar-refractivity contribution is 6.05. The van der Waals surface area contributed by atoms with Crippen molar-refractivity contribution < 1.29 is 33.4 Å². The Morgan fingerprint density at radius 2 is 1.88 bits per heavy atom. The number of carbonyl (C=O) groups is 4. The van der Waals surface area contributed by atoms with Gasteiger partial charge in [0.05, 0.1) is 26.4 Å². The van der Waals surface area contributed by atoms with Crippen molar-refractivity contribution in [3.05, 3.63) is 64.5 Å². The lowest BCUT2D eigenvalue weighted by Crippen LogP contribution is -2.56. The maximum atomic E-state index is 13.7. The number of rotatable bonds is 7. The molecule has 2 aliphatic rings. The first-order valence-electron chi connectivity index (χ1n) is 13.1. The quantitative estimate of drug-likeness (QED) is 0.418. The summed E-state index contributed by atoms with van der Waals surface area (Å²) in [7, 11) is 0. The zero-order valence-corrected chi connectivity index (χ0v) is 22.8. The van der Waals surface area contributed by atoms with Crippen molar-refractivity contribution in [1.82, 2.24) is 4.90 Å². The molecule has 3 amide bonds. The van der Waals surface area contributed by atoms with Gasteiger partial charge >= 0.3 is 5.97 Å². The van der Waals surface area contributed by atoms with Crippen LogP contribution in [0.5, 0.6) is 0 Å². The molecule has 2 atom stereocenters. The van der Waals surface area contributed by atoms with Gasteiger partial charge in [-0.25, -0.2) is 4.85 Å². The van der Waals surface area contributed by atoms with Crippen molar-refractivity contribution in [3.8, 4) is 0 Å². The molecule has 0 saturated carbocycles. The van der Waals surface area contributed by atoms with E-state index in [0.29, 0.717) is 55.3 Å². The number of hydrogen-bond donors (Lipinski definition) is 1. The van der Waals surface area contributed by atoms with Crippen molar-refractivity contribution in [2.24, 2.45) is 0 Å². The minimum atomic E-state index is -1.56. The van der Waals surface area contributed by atoms with Gasteiger partial charge in [0.15, 0.2) is 11.8 Å². The van der Waals surface area contributed by atoms with Gasteiger partial charge in [-0.3, -0.25) is 19.2 Å². The molecule has 2 aliphatic heterocycles. The first-order chi connectivity index (χ1) is 19.2. The lowest BCUT2D eigenvalue weighted by molar-refractivity contribution is -0.167. The summed E-state index contributed by atoms with van der Waals surface area (Å²) in [6.45, 7) is 14.4. The van der Waals surface area contributed by atoms with Gasteiger partial charge < -0.3 is 29.3 Å². The molecule has 1 N–H and O–H groups in total. The number of anilines is 2. The van der Waals surface area contributed by atoms with E-state index < -0.39 is 30.0 Å². The van der Waals surface area contributed by atoms with Crippen LogP contribution in [0, 0.1) is 13.5 Å². The molecule has 11 nitrogen and oxygen atoms in total. The third-order valence-corrected chi connectivity index (χ3v) is 6.72. The van der Waals surface area contributed by atoms with Gasteiger partial charge in [0, 0.05) is 43.5 Å². The fraction of sp³-hybridized carbons (Fsp3) is 0.414. The van der Waals surface area contributed by atoms with Crippen LogP contribution in [0.3, 0.4) is 0 Å². The second-order valence-corrected chi connectivity index (χ2v) is 9.57. The van der Waals surface area contributed by atoms with Crippen LogP contribution >= 0.6 is 0 Å². The SMILES string of the molecule is [C-]#[N+]c1ccc(NC(=O)[C@H](OC(C)=O)[C@H]2OCCN(c3cc(C)cc(C(=O)N4CCOCC4)c3)C2=O)cc1CC. The maximum absolute atomic E-state index is 13.7. The van der Waals surface area contributed by atoms with Crippen molar-refractivity contribution in [3.63, 3.8) is 0 Å². The van der Waals surface area contributed by atoms with Crippen molar-refractivity contribution in [2.75, 3.05) is 49.7 Å². The van der Waals surface area contributed by atoms with Crippen LogP contribution in [0.15, 0.2) is 36.4 Å². The molecule has 2 heterocycles. The highest BCUT2D eigenvalue weighted by Gasteiger charge is 2.43. The summed E-state index contributed by atoms with van der Waals surface area (Å²) in [6.07, 6.45) is -2.37. The fourth-order valence-electron chi connectivity index (χ4n) is 4.77. The van der Waals surface area contributed by atoms with Crippen LogP contribution < -0.4 is 10.2 Å². The summed E-state index contributed by atoms with van der Waals surface area (Å²) in [4.78, 5) is 58.7. The second-order valence-electron chi connectivity index (χ2n) is 9.57. The predicted octanol–water partition coefficient (Wildman–Crippen LogP) is 2.88. The fourth-order valence-corrected chi connectivity index (χ4v) is 4.77. The van der Waals surface area contributed by atoms with Gasteiger partial charge in [-0.2, -0.15) is 0 Å². The molecular weight excluding hydrogens is 516 g/mol. The number of aryl methyl sites for hydroxylation is 2. The Morgan fingerprint density at radius 3 is 2.55 bits per heavy atom. The van der Waals surface area contributed by atoms with E-state index in [1.54, 1.807) is 41.3 Å². The molecule has 0 bridgehead atoms. The summed E-state index contributed by atoms with van der Waals surface area (Å²) in [5.74, 6) is -2.21. The van der Waals surface area contributed by atoms with Gasteiger partial charge in [0.1, 0.15) is 0 Å². The Bertz CT molecular complexity index is 1350. The molecule has 0 unspecified atom stereocenters. The largest absolute Gasteiger partial charge is 0.449 e. The van der Waals surface area contributed by atoms with Crippen LogP contribution in [-0.4, -0.2) is 80.3 Å². The Morgan fingerprint density at radius 1 is 1.12 bits per heavy atom. The standard InChI is InChI=1S/C29H32N4O7/c1-5-20-16-22(6-7-24(20)30-4)31-27(35)25(40-19(3)34)26-29(37)33(10-13-39-26)23-15-18(2)14-21(17-23)28(36)32-8-11-38-12-9-32/h6-7,14-17,25-26H,5,8-13H2,1-3H3,(H,31,35)/t25-,26-/m1/s1. The van der Waals surface area contributed by atoms with E-state index in [-0.39, 0.29) is 19.1 Å². The third kappa shape index (κ3) is 6.47. The lowest BCUT2D eigenvalue weighted by atomic mass is 10.0. The van der Waals surface area contributed by atoms with Crippen LogP contribution in [-0.2, 0) is 35.0 Å². The minimum absolute atomic E-state index is 0.0851. The molecule has 0 aromatic heterocycles. The molecule has 0 spiro atoms. The number of morpholine rings is 2. The Hall–Kier alpha value is -4.27. The van der Waals surface area contributed by atoms with Gasteiger partial charge in [-0.15, -0.1) is 0 Å². The first-order valence-corrected chi connectivity index (χ1v) is 13.1. The molecule has 0 radical (unpaired) electrons. The van der Waals surface area contributed by atoms with E-state index in [9.17, 15) is 19.2 Å². The summed E-state index contributed by atoms with van der Waals surface area (Å²) in [5, 5.41) is 2.69. The summed E-state index contributed by atoms with van der Waals surface area (Å²) >= 11 is 0. The van der Waals surface area contributed by atoms with Crippen molar-refractivity contribution >= 4 is 40.8 Å². The number of amides is 3. The number of nitrogens with one attached hydrogen (secondary N) is 1. The zero-order valence-electron chi connectivity index (χ0n) is 22.8. The summed E-state index contributed by atoms with van der Waals surface area (Å²) in [5.41, 5.74) is 3.33. The van der Waals surface area contributed by atoms with Crippen LogP contribution in [0.2, 0.25) is 0 Å². The van der Waals surface area contributed by atoms with Gasteiger partial charge in [-0.1, -0.05) is 13.0 Å². The van der Waals surface area contributed by atoms with Crippen LogP contribution in [0.4, 0.5) is 17.1 Å². The van der Waals surface area contributed by atoms with E-state index in [1.165, 1.54) is 4.90 Å². The smallest absolute Gasteiger partial charge is 0.303 e. The topological polar surface area (TPSA) is 119 Å². The van der Waals surface area contributed by atoms with Crippen molar-refractivity contribution in [2.45, 2.75) is 39.4 Å². The zero-order chi connectivity index (χ0) is 28.8. The predicted molar refractivity (Wildman–Crippen MR) is 146 cm³/mol. The number of ether oxygens (including phenoxy) is 3. The first kappa shape index (κ1) is 28.7. The minimum Gasteiger partial charge on any atom is -0.449 e. The molecule has 210 valence electrons. The normalized spacial score (nSPS) is 18.1. The molecule has 4 rings (SSSR count). The Balaban J connectivity index is 1.58. The maximum Gasteiger partial charge on any atom is 0.303 e. The number of carbonyl (C=O) groups excluding carboxylic acids is 4. The summed E-state index contributed by atoms with van der Waals surface area (Å²) in [6, 6.07) is 10.0. The van der Waals surface area contributed by atoms with Crippen molar-refractivity contribution in [1.29, 1.82) is 0 Å². The summed E-state index contributed by atoms with van der Waals surface area (Å²) < 4.78 is 16.3. The molecule has 2 aromatic rings. The van der Waals surface area contributed by atoms with Crippen LogP contribution in [0.25, 0.3) is 4.85 Å². The molecule has 40 heavy (non-hydrogen) atoms. The molecule has 0 aliphatic carbocycles. The van der Waals surface area contributed by atoms with E-state index in [2.05, 4.69) is 10.2 Å². The number of hydrogen-bond acceptors (Lipinski definition) is 7. The van der Waals surface area contributed by atoms with Gasteiger partial charge in [-0.05, 0) is 54.8 Å². The molecular formula is C29H32N4O7. The average molecular weight is 549 g/mol. The van der Waals surface area contributed by atoms with Crippen LogP contribution in [0.1, 0.15) is 35.3 Å². The highest BCUT2D eigenvalue weighted by Crippen LogP contribution is 2.27. The van der Waals surface area contributed by atoms with E-state index in [4.69, 9.17) is 20.8 Å². The second kappa shape index (κ2) is 12.7. The molecule has 11 heteroatoms. The Kier molecular flexibility index (Phi) is 9.14. The lowest BCUT2D eigenvalue weighted by Gasteiger charge is -2.35. The van der Waals surface area contributed by atoms with Gasteiger partial charge in [0.2, 0.25) is 6.10 Å².